The fraction of sp³-hybridized carbons (Fsp3) is 0.160. The summed E-state index contributed by atoms with van der Waals surface area (Å²) in [6, 6.07) is 14.5. The quantitative estimate of drug-likeness (QED) is 0.329. The normalized spacial score (nSPS) is 16.0. The molecule has 1 amide bonds. The Morgan fingerprint density at radius 2 is 2.06 bits per heavy atom. The SMILES string of the molecule is CCOc1ccc2nc(N3C(=O)C(O)=C(C(=O)c4ccc(C)o4)[C@H]3c3cccc(Cl)c3)sc2c1. The van der Waals surface area contributed by atoms with Crippen LogP contribution in [0.1, 0.15) is 34.8 Å². The van der Waals surface area contributed by atoms with E-state index < -0.39 is 23.5 Å². The van der Waals surface area contributed by atoms with E-state index in [0.717, 1.165) is 4.70 Å². The van der Waals surface area contributed by atoms with Crippen molar-refractivity contribution >= 4 is 50.0 Å². The number of carbonyl (C=O) groups excluding carboxylic acids is 2. The number of aromatic nitrogens is 1. The van der Waals surface area contributed by atoms with E-state index in [1.54, 1.807) is 49.4 Å². The number of fused-ring (bicyclic) bond motifs is 1. The molecule has 1 atom stereocenters. The summed E-state index contributed by atoms with van der Waals surface area (Å²) in [6.07, 6.45) is 0. The number of ketones is 1. The monoisotopic (exact) mass is 494 g/mol. The first kappa shape index (κ1) is 22.2. The lowest BCUT2D eigenvalue weighted by Crippen LogP contribution is -2.30. The molecular formula is C25H19ClN2O5S. The average Bonchev–Trinajstić information content (AvgIpc) is 3.50. The molecule has 0 bridgehead atoms. The Labute approximate surface area is 203 Å². The molecule has 0 spiro atoms. The molecule has 0 saturated carbocycles. The van der Waals surface area contributed by atoms with Crippen LogP contribution in [0.3, 0.4) is 0 Å². The summed E-state index contributed by atoms with van der Waals surface area (Å²) in [5.41, 5.74) is 1.14. The maximum Gasteiger partial charge on any atom is 0.296 e. The van der Waals surface area contributed by atoms with E-state index in [1.165, 1.54) is 22.3 Å². The first-order valence-electron chi connectivity index (χ1n) is 10.5. The third-order valence-corrected chi connectivity index (χ3v) is 6.70. The number of anilines is 1. The summed E-state index contributed by atoms with van der Waals surface area (Å²) >= 11 is 7.50. The summed E-state index contributed by atoms with van der Waals surface area (Å²) in [4.78, 5) is 32.7. The fourth-order valence-electron chi connectivity index (χ4n) is 3.97. The van der Waals surface area contributed by atoms with Crippen LogP contribution < -0.4 is 9.64 Å². The van der Waals surface area contributed by atoms with Gasteiger partial charge in [-0.1, -0.05) is 35.1 Å². The minimum atomic E-state index is -0.934. The van der Waals surface area contributed by atoms with Gasteiger partial charge < -0.3 is 14.3 Å². The number of furan rings is 1. The van der Waals surface area contributed by atoms with Crippen LogP contribution in [0.5, 0.6) is 5.75 Å². The van der Waals surface area contributed by atoms with E-state index in [9.17, 15) is 14.7 Å². The van der Waals surface area contributed by atoms with E-state index in [4.69, 9.17) is 20.8 Å². The van der Waals surface area contributed by atoms with E-state index in [0.29, 0.717) is 39.4 Å². The number of aliphatic hydroxyl groups is 1. The molecule has 7 nitrogen and oxygen atoms in total. The lowest BCUT2D eigenvalue weighted by Gasteiger charge is -2.24. The predicted octanol–water partition coefficient (Wildman–Crippen LogP) is 6.03. The maximum atomic E-state index is 13.4. The number of amides is 1. The number of hydrogen-bond acceptors (Lipinski definition) is 7. The summed E-state index contributed by atoms with van der Waals surface area (Å²) in [6.45, 7) is 4.13. The Morgan fingerprint density at radius 1 is 1.24 bits per heavy atom. The van der Waals surface area contributed by atoms with Crippen molar-refractivity contribution in [2.45, 2.75) is 19.9 Å². The van der Waals surface area contributed by atoms with Gasteiger partial charge in [0.15, 0.2) is 16.7 Å². The molecule has 5 rings (SSSR count). The number of hydrogen-bond donors (Lipinski definition) is 1. The number of Topliss-reactive ketones (excluding diaryl/α,β-unsaturated/α-hetero) is 1. The third-order valence-electron chi connectivity index (χ3n) is 5.45. The van der Waals surface area contributed by atoms with Gasteiger partial charge in [0.25, 0.3) is 5.91 Å². The van der Waals surface area contributed by atoms with Gasteiger partial charge in [0.05, 0.1) is 28.4 Å². The summed E-state index contributed by atoms with van der Waals surface area (Å²) < 4.78 is 11.9. The standard InChI is InChI=1S/C25H19ClN2O5S/c1-3-32-16-8-9-17-19(12-16)34-25(27-17)28-21(14-5-4-6-15(26)11-14)20(23(30)24(28)31)22(29)18-10-7-13(2)33-18/h4-12,21,30H,3H2,1-2H3/t21-/m1/s1. The molecule has 0 saturated heterocycles. The smallest absolute Gasteiger partial charge is 0.296 e. The molecule has 9 heteroatoms. The molecule has 34 heavy (non-hydrogen) atoms. The Hall–Kier alpha value is -3.62. The topological polar surface area (TPSA) is 92.9 Å². The van der Waals surface area contributed by atoms with Gasteiger partial charge in [0, 0.05) is 5.02 Å². The van der Waals surface area contributed by atoms with Crippen LogP contribution in [0.4, 0.5) is 5.13 Å². The van der Waals surface area contributed by atoms with Crippen molar-refractivity contribution in [3.8, 4) is 5.75 Å². The summed E-state index contributed by atoms with van der Waals surface area (Å²) in [7, 11) is 0. The van der Waals surface area contributed by atoms with Crippen molar-refractivity contribution in [1.82, 2.24) is 4.98 Å². The van der Waals surface area contributed by atoms with E-state index in [-0.39, 0.29) is 11.3 Å². The second kappa shape index (κ2) is 8.62. The largest absolute Gasteiger partial charge is 0.503 e. The summed E-state index contributed by atoms with van der Waals surface area (Å²) in [5, 5.41) is 11.6. The first-order chi connectivity index (χ1) is 16.4. The van der Waals surface area contributed by atoms with Crippen LogP contribution in [0.2, 0.25) is 5.02 Å². The highest BCUT2D eigenvalue weighted by Gasteiger charge is 2.46. The molecule has 2 aromatic carbocycles. The highest BCUT2D eigenvalue weighted by molar-refractivity contribution is 7.22. The van der Waals surface area contributed by atoms with Crippen molar-refractivity contribution in [2.75, 3.05) is 11.5 Å². The molecule has 3 heterocycles. The van der Waals surface area contributed by atoms with Crippen LogP contribution in [-0.2, 0) is 4.79 Å². The van der Waals surface area contributed by atoms with Crippen molar-refractivity contribution in [3.05, 3.63) is 88.0 Å². The van der Waals surface area contributed by atoms with Crippen LogP contribution in [0.25, 0.3) is 10.2 Å². The van der Waals surface area contributed by atoms with Gasteiger partial charge in [-0.25, -0.2) is 4.98 Å². The zero-order valence-electron chi connectivity index (χ0n) is 18.2. The van der Waals surface area contributed by atoms with Gasteiger partial charge >= 0.3 is 0 Å². The molecule has 2 aromatic heterocycles. The molecule has 4 aromatic rings. The Balaban J connectivity index is 1.65. The van der Waals surface area contributed by atoms with Gasteiger partial charge in [0.1, 0.15) is 11.5 Å². The van der Waals surface area contributed by atoms with Crippen LogP contribution in [0.15, 0.2) is 70.3 Å². The Bertz CT molecular complexity index is 1470. The highest BCUT2D eigenvalue weighted by Crippen LogP contribution is 2.45. The number of aliphatic hydroxyl groups excluding tert-OH is 1. The third kappa shape index (κ3) is 3.74. The lowest BCUT2D eigenvalue weighted by molar-refractivity contribution is -0.117. The number of benzene rings is 2. The molecule has 0 aliphatic carbocycles. The van der Waals surface area contributed by atoms with Gasteiger partial charge in [-0.2, -0.15) is 0 Å². The van der Waals surface area contributed by atoms with Crippen LogP contribution in [-0.4, -0.2) is 28.4 Å². The minimum Gasteiger partial charge on any atom is -0.503 e. The van der Waals surface area contributed by atoms with Crippen molar-refractivity contribution in [1.29, 1.82) is 0 Å². The Morgan fingerprint density at radius 3 is 2.76 bits per heavy atom. The molecule has 1 aliphatic rings. The van der Waals surface area contributed by atoms with Crippen LogP contribution >= 0.6 is 22.9 Å². The first-order valence-corrected chi connectivity index (χ1v) is 11.7. The zero-order valence-corrected chi connectivity index (χ0v) is 19.8. The second-order valence-corrected chi connectivity index (χ2v) is 9.14. The molecule has 0 fully saturated rings. The van der Waals surface area contributed by atoms with Gasteiger partial charge in [-0.15, -0.1) is 0 Å². The maximum absolute atomic E-state index is 13.4. The van der Waals surface area contributed by atoms with Gasteiger partial charge in [-0.05, 0) is 61.9 Å². The number of carbonyl (C=O) groups is 2. The Kier molecular flexibility index (Phi) is 5.63. The molecule has 0 radical (unpaired) electrons. The fourth-order valence-corrected chi connectivity index (χ4v) is 5.19. The number of nitrogens with zero attached hydrogens (tertiary/aromatic N) is 2. The van der Waals surface area contributed by atoms with Crippen LogP contribution in [0, 0.1) is 6.92 Å². The zero-order chi connectivity index (χ0) is 24.0. The van der Waals surface area contributed by atoms with Crippen molar-refractivity contribution in [3.63, 3.8) is 0 Å². The number of halogens is 1. The minimum absolute atomic E-state index is 0.0337. The van der Waals surface area contributed by atoms with E-state index in [1.807, 2.05) is 13.0 Å². The van der Waals surface area contributed by atoms with Crippen molar-refractivity contribution in [2.24, 2.45) is 0 Å². The lowest BCUT2D eigenvalue weighted by atomic mass is 9.95. The predicted molar refractivity (Wildman–Crippen MR) is 130 cm³/mol. The number of ether oxygens (including phenoxy) is 1. The number of rotatable bonds is 6. The van der Waals surface area contributed by atoms with Gasteiger partial charge in [-0.3, -0.25) is 14.5 Å². The molecule has 172 valence electrons. The van der Waals surface area contributed by atoms with E-state index in [2.05, 4.69) is 4.98 Å². The second-order valence-electron chi connectivity index (χ2n) is 7.69. The van der Waals surface area contributed by atoms with Gasteiger partial charge in [0.2, 0.25) is 5.78 Å². The molecule has 1 aliphatic heterocycles. The number of aryl methyl sites for hydroxylation is 1. The highest BCUT2D eigenvalue weighted by atomic mass is 35.5. The van der Waals surface area contributed by atoms with Crippen molar-refractivity contribution < 1.29 is 23.8 Å². The molecule has 0 unspecified atom stereocenters. The number of thiazole rings is 1. The molecule has 1 N–H and O–H groups in total. The molecular weight excluding hydrogens is 476 g/mol. The summed E-state index contributed by atoms with van der Waals surface area (Å²) in [5.74, 6) is -0.675. The average molecular weight is 495 g/mol. The van der Waals surface area contributed by atoms with E-state index >= 15 is 0 Å².